The Morgan fingerprint density at radius 2 is 1.94 bits per heavy atom. The first-order valence-corrected chi connectivity index (χ1v) is 5.97. The van der Waals surface area contributed by atoms with Crippen LogP contribution in [0.25, 0.3) is 11.0 Å². The quantitative estimate of drug-likeness (QED) is 0.842. The van der Waals surface area contributed by atoms with Crippen molar-refractivity contribution >= 4 is 17.0 Å². The van der Waals surface area contributed by atoms with Crippen LogP contribution < -0.4 is 0 Å². The molecule has 2 aromatic heterocycles. The molecule has 0 saturated carbocycles. The highest BCUT2D eigenvalue weighted by atomic mass is 16.4. The van der Waals surface area contributed by atoms with Crippen LogP contribution in [0, 0.1) is 13.8 Å². The standard InChI is InChI=1S/C12H16N2.C2H4O2/c1-8(2)14-10(4)9(3)11-6-5-7-13-12(11)14;1-2(3)4/h5-8H,1-4H3;1H3,(H,3,4). The van der Waals surface area contributed by atoms with Gasteiger partial charge >= 0.3 is 0 Å². The van der Waals surface area contributed by atoms with Crippen molar-refractivity contribution in [3.05, 3.63) is 29.6 Å². The summed E-state index contributed by atoms with van der Waals surface area (Å²) in [5.74, 6) is -0.833. The van der Waals surface area contributed by atoms with Crippen LogP contribution in [0.15, 0.2) is 18.3 Å². The Kier molecular flexibility index (Phi) is 4.48. The van der Waals surface area contributed by atoms with Gasteiger partial charge in [-0.2, -0.15) is 0 Å². The number of carboxylic acids is 1. The van der Waals surface area contributed by atoms with Gasteiger partial charge in [-0.3, -0.25) is 4.79 Å². The van der Waals surface area contributed by atoms with Crippen LogP contribution in [0.1, 0.15) is 38.1 Å². The summed E-state index contributed by atoms with van der Waals surface area (Å²) < 4.78 is 2.30. The van der Waals surface area contributed by atoms with Crippen LogP contribution in [0.5, 0.6) is 0 Å². The van der Waals surface area contributed by atoms with Crippen molar-refractivity contribution in [2.75, 3.05) is 0 Å². The Bertz CT molecular complexity index is 552. The van der Waals surface area contributed by atoms with Crippen molar-refractivity contribution in [2.24, 2.45) is 0 Å². The predicted molar refractivity (Wildman–Crippen MR) is 72.9 cm³/mol. The number of pyridine rings is 1. The Hall–Kier alpha value is -1.84. The molecule has 0 aliphatic rings. The molecule has 0 aliphatic carbocycles. The Balaban J connectivity index is 0.000000357. The van der Waals surface area contributed by atoms with Crippen molar-refractivity contribution in [3.8, 4) is 0 Å². The van der Waals surface area contributed by atoms with Crippen molar-refractivity contribution in [3.63, 3.8) is 0 Å². The molecule has 0 fully saturated rings. The van der Waals surface area contributed by atoms with Crippen molar-refractivity contribution < 1.29 is 9.90 Å². The second kappa shape index (κ2) is 5.67. The molecule has 0 aliphatic heterocycles. The third-order valence-electron chi connectivity index (χ3n) is 2.84. The maximum Gasteiger partial charge on any atom is 0.300 e. The second-order valence-corrected chi connectivity index (χ2v) is 4.57. The normalized spacial score (nSPS) is 10.3. The lowest BCUT2D eigenvalue weighted by Crippen LogP contribution is -2.03. The van der Waals surface area contributed by atoms with E-state index in [1.54, 1.807) is 0 Å². The number of aromatic nitrogens is 2. The summed E-state index contributed by atoms with van der Waals surface area (Å²) in [5, 5.41) is 8.69. The molecule has 2 aromatic rings. The SMILES string of the molecule is CC(=O)O.Cc1c(C)n(C(C)C)c2ncccc12. The predicted octanol–water partition coefficient (Wildman–Crippen LogP) is 3.32. The second-order valence-electron chi connectivity index (χ2n) is 4.57. The Morgan fingerprint density at radius 3 is 2.44 bits per heavy atom. The van der Waals surface area contributed by atoms with E-state index in [4.69, 9.17) is 9.90 Å². The van der Waals surface area contributed by atoms with E-state index in [-0.39, 0.29) is 0 Å². The number of hydrogen-bond donors (Lipinski definition) is 1. The molecule has 0 amide bonds. The van der Waals surface area contributed by atoms with Gasteiger partial charge in [0.2, 0.25) is 0 Å². The first-order chi connectivity index (χ1) is 8.36. The van der Waals surface area contributed by atoms with Gasteiger partial charge in [0, 0.05) is 30.2 Å². The van der Waals surface area contributed by atoms with E-state index in [1.807, 2.05) is 12.3 Å². The molecule has 18 heavy (non-hydrogen) atoms. The Labute approximate surface area is 107 Å². The van der Waals surface area contributed by atoms with Gasteiger partial charge < -0.3 is 9.67 Å². The summed E-state index contributed by atoms with van der Waals surface area (Å²) in [5.41, 5.74) is 3.79. The molecule has 0 aromatic carbocycles. The van der Waals surface area contributed by atoms with Gasteiger partial charge in [0.05, 0.1) is 0 Å². The van der Waals surface area contributed by atoms with E-state index in [9.17, 15) is 0 Å². The monoisotopic (exact) mass is 248 g/mol. The molecule has 0 radical (unpaired) electrons. The lowest BCUT2D eigenvalue weighted by Gasteiger charge is -2.11. The largest absolute Gasteiger partial charge is 0.481 e. The number of carbonyl (C=O) groups is 1. The Morgan fingerprint density at radius 1 is 1.39 bits per heavy atom. The molecule has 0 saturated heterocycles. The molecule has 2 heterocycles. The van der Waals surface area contributed by atoms with Gasteiger partial charge in [0.15, 0.2) is 0 Å². The van der Waals surface area contributed by atoms with E-state index < -0.39 is 5.97 Å². The number of nitrogens with zero attached hydrogens (tertiary/aromatic N) is 2. The molecule has 0 spiro atoms. The number of aryl methyl sites for hydroxylation is 1. The summed E-state index contributed by atoms with van der Waals surface area (Å²) >= 11 is 0. The molecule has 4 nitrogen and oxygen atoms in total. The van der Waals surface area contributed by atoms with Crippen molar-refractivity contribution in [2.45, 2.75) is 40.7 Å². The fraction of sp³-hybridized carbons (Fsp3) is 0.429. The highest BCUT2D eigenvalue weighted by Gasteiger charge is 2.12. The van der Waals surface area contributed by atoms with Crippen LogP contribution in [0.3, 0.4) is 0 Å². The minimum Gasteiger partial charge on any atom is -0.481 e. The highest BCUT2D eigenvalue weighted by Crippen LogP contribution is 2.26. The third-order valence-corrected chi connectivity index (χ3v) is 2.84. The number of aliphatic carboxylic acids is 1. The van der Waals surface area contributed by atoms with Gasteiger partial charge in [-0.05, 0) is 45.4 Å². The van der Waals surface area contributed by atoms with E-state index in [2.05, 4.69) is 43.3 Å². The average Bonchev–Trinajstić information content (AvgIpc) is 2.51. The molecule has 2 rings (SSSR count). The molecule has 98 valence electrons. The zero-order chi connectivity index (χ0) is 13.9. The molecule has 4 heteroatoms. The lowest BCUT2D eigenvalue weighted by atomic mass is 10.2. The number of fused-ring (bicyclic) bond motifs is 1. The third kappa shape index (κ3) is 2.88. The van der Waals surface area contributed by atoms with Gasteiger partial charge in [0.1, 0.15) is 5.65 Å². The summed E-state index contributed by atoms with van der Waals surface area (Å²) in [6.45, 7) is 9.80. The van der Waals surface area contributed by atoms with Gasteiger partial charge in [-0.25, -0.2) is 4.98 Å². The van der Waals surface area contributed by atoms with E-state index in [0.717, 1.165) is 12.6 Å². The summed E-state index contributed by atoms with van der Waals surface area (Å²) in [7, 11) is 0. The maximum atomic E-state index is 9.00. The number of rotatable bonds is 1. The van der Waals surface area contributed by atoms with E-state index in [1.165, 1.54) is 16.6 Å². The van der Waals surface area contributed by atoms with Crippen molar-refractivity contribution in [1.82, 2.24) is 9.55 Å². The zero-order valence-electron chi connectivity index (χ0n) is 11.6. The van der Waals surface area contributed by atoms with Crippen LogP contribution in [0.4, 0.5) is 0 Å². The first kappa shape index (κ1) is 14.2. The first-order valence-electron chi connectivity index (χ1n) is 5.97. The van der Waals surface area contributed by atoms with Crippen molar-refractivity contribution in [1.29, 1.82) is 0 Å². The van der Waals surface area contributed by atoms with E-state index >= 15 is 0 Å². The number of carboxylic acid groups (broad SMARTS) is 1. The van der Waals surface area contributed by atoms with Gasteiger partial charge in [-0.1, -0.05) is 0 Å². The molecule has 0 atom stereocenters. The summed E-state index contributed by atoms with van der Waals surface area (Å²) in [6, 6.07) is 4.62. The fourth-order valence-electron chi connectivity index (χ4n) is 2.05. The zero-order valence-corrected chi connectivity index (χ0v) is 11.6. The van der Waals surface area contributed by atoms with Gasteiger partial charge in [-0.15, -0.1) is 0 Å². The average molecular weight is 248 g/mol. The minimum atomic E-state index is -0.833. The van der Waals surface area contributed by atoms with Gasteiger partial charge in [0.25, 0.3) is 5.97 Å². The molecular weight excluding hydrogens is 228 g/mol. The van der Waals surface area contributed by atoms with Crippen LogP contribution in [-0.2, 0) is 4.79 Å². The molecule has 0 bridgehead atoms. The minimum absolute atomic E-state index is 0.473. The van der Waals surface area contributed by atoms with Crippen LogP contribution >= 0.6 is 0 Å². The lowest BCUT2D eigenvalue weighted by molar-refractivity contribution is -0.134. The van der Waals surface area contributed by atoms with E-state index in [0.29, 0.717) is 6.04 Å². The highest BCUT2D eigenvalue weighted by molar-refractivity contribution is 5.81. The smallest absolute Gasteiger partial charge is 0.300 e. The number of hydrogen-bond acceptors (Lipinski definition) is 2. The summed E-state index contributed by atoms with van der Waals surface area (Å²) in [6.07, 6.45) is 1.86. The molecule has 1 N–H and O–H groups in total. The fourth-order valence-corrected chi connectivity index (χ4v) is 2.05. The molecular formula is C14H20N2O2. The summed E-state index contributed by atoms with van der Waals surface area (Å²) in [4.78, 5) is 13.4. The topological polar surface area (TPSA) is 55.1 Å². The molecule has 0 unspecified atom stereocenters. The van der Waals surface area contributed by atoms with Crippen LogP contribution in [0.2, 0.25) is 0 Å². The van der Waals surface area contributed by atoms with Crippen LogP contribution in [-0.4, -0.2) is 20.6 Å². The maximum absolute atomic E-state index is 9.00.